The Morgan fingerprint density at radius 2 is 1.48 bits per heavy atom. The first-order chi connectivity index (χ1) is 23.5. The number of benzene rings is 1. The van der Waals surface area contributed by atoms with E-state index in [1.165, 1.54) is 0 Å². The van der Waals surface area contributed by atoms with Crippen molar-refractivity contribution in [2.24, 2.45) is 29.6 Å². The number of hydrogen-bond acceptors (Lipinski definition) is 8. The molecular formula is C40H67N3O7. The normalized spacial score (nSPS) is 19.4. The first kappa shape index (κ1) is 43.5. The number of carbonyl (C=O) groups is 4. The Bertz CT molecular complexity index is 1220. The van der Waals surface area contributed by atoms with Gasteiger partial charge in [0.15, 0.2) is 5.78 Å². The van der Waals surface area contributed by atoms with E-state index in [-0.39, 0.29) is 85.1 Å². The highest BCUT2D eigenvalue weighted by molar-refractivity contribution is 5.90. The van der Waals surface area contributed by atoms with Crippen LogP contribution in [0.3, 0.4) is 0 Å². The third-order valence-electron chi connectivity index (χ3n) is 10.8. The molecule has 0 bridgehead atoms. The van der Waals surface area contributed by atoms with E-state index in [2.05, 4.69) is 18.7 Å². The maximum Gasteiger partial charge on any atom is 0.226 e. The van der Waals surface area contributed by atoms with Gasteiger partial charge in [-0.1, -0.05) is 71.9 Å². The molecule has 2 amide bonds. The van der Waals surface area contributed by atoms with Gasteiger partial charge >= 0.3 is 0 Å². The van der Waals surface area contributed by atoms with Gasteiger partial charge in [-0.25, -0.2) is 0 Å². The van der Waals surface area contributed by atoms with Gasteiger partial charge in [0.05, 0.1) is 36.8 Å². The van der Waals surface area contributed by atoms with Crippen molar-refractivity contribution in [1.82, 2.24) is 14.7 Å². The molecule has 50 heavy (non-hydrogen) atoms. The van der Waals surface area contributed by atoms with E-state index in [9.17, 15) is 24.3 Å². The Balaban J connectivity index is 2.08. The predicted octanol–water partition coefficient (Wildman–Crippen LogP) is 5.42. The fourth-order valence-electron chi connectivity index (χ4n) is 7.46. The van der Waals surface area contributed by atoms with Crippen LogP contribution in [-0.4, -0.2) is 115 Å². The van der Waals surface area contributed by atoms with Crippen LogP contribution in [0.15, 0.2) is 30.3 Å². The Morgan fingerprint density at radius 3 is 2.00 bits per heavy atom. The number of ether oxygens (including phenoxy) is 2. The molecule has 1 aromatic rings. The number of carbonyl (C=O) groups excluding carboxylic acids is 4. The van der Waals surface area contributed by atoms with Crippen molar-refractivity contribution in [2.75, 3.05) is 41.4 Å². The monoisotopic (exact) mass is 701 g/mol. The minimum Gasteiger partial charge on any atom is -0.388 e. The van der Waals surface area contributed by atoms with Gasteiger partial charge in [-0.2, -0.15) is 0 Å². The van der Waals surface area contributed by atoms with E-state index >= 15 is 0 Å². The van der Waals surface area contributed by atoms with E-state index in [1.54, 1.807) is 31.1 Å². The predicted molar refractivity (Wildman–Crippen MR) is 197 cm³/mol. The third-order valence-corrected chi connectivity index (χ3v) is 10.8. The van der Waals surface area contributed by atoms with Gasteiger partial charge in [0.2, 0.25) is 11.8 Å². The number of aliphatic hydroxyl groups is 1. The summed E-state index contributed by atoms with van der Waals surface area (Å²) in [5.74, 6) is -1.35. The van der Waals surface area contributed by atoms with Crippen molar-refractivity contribution in [3.05, 3.63) is 35.9 Å². The number of hydrogen-bond donors (Lipinski definition) is 1. The first-order valence-electron chi connectivity index (χ1n) is 18.6. The van der Waals surface area contributed by atoms with E-state index in [1.807, 2.05) is 78.9 Å². The number of likely N-dealkylation sites (N-methyl/N-ethyl adjacent to an activating group) is 2. The number of likely N-dealkylation sites (tertiary alicyclic amines) is 1. The molecule has 1 aromatic carbocycles. The van der Waals surface area contributed by atoms with Crippen LogP contribution >= 0.6 is 0 Å². The zero-order valence-electron chi connectivity index (χ0n) is 32.9. The van der Waals surface area contributed by atoms with Crippen molar-refractivity contribution >= 4 is 23.4 Å². The van der Waals surface area contributed by atoms with E-state index in [4.69, 9.17) is 9.47 Å². The molecule has 0 saturated carbocycles. The van der Waals surface area contributed by atoms with Crippen LogP contribution in [0, 0.1) is 29.6 Å². The Hall–Kier alpha value is -2.66. The van der Waals surface area contributed by atoms with Gasteiger partial charge in [0.1, 0.15) is 5.78 Å². The minimum absolute atomic E-state index is 0.0118. The smallest absolute Gasteiger partial charge is 0.226 e. The molecule has 8 atom stereocenters. The zero-order chi connectivity index (χ0) is 37.9. The second-order valence-electron chi connectivity index (χ2n) is 15.5. The average molecular weight is 702 g/mol. The SMILES string of the molecule is CO[C@H](CC(=O)N1CCC[C@H]1[C@H](OC)[C@@H](C)C(=O)C[C@H](C)[C@@H](O)c1ccccc1)CN(C)C(=O)[C@@H](CC(=O)[C@H](C(C)C)N(C)C(C)C)C(C)C. The van der Waals surface area contributed by atoms with Gasteiger partial charge in [0.25, 0.3) is 0 Å². The topological polar surface area (TPSA) is 117 Å². The molecule has 1 N–H and O–H groups in total. The maximum atomic E-state index is 13.8. The molecule has 0 unspecified atom stereocenters. The third kappa shape index (κ3) is 11.7. The van der Waals surface area contributed by atoms with Gasteiger partial charge in [-0.3, -0.25) is 24.1 Å². The highest BCUT2D eigenvalue weighted by atomic mass is 16.5. The molecule has 0 radical (unpaired) electrons. The summed E-state index contributed by atoms with van der Waals surface area (Å²) in [6.07, 6.45) is 0.145. The molecule has 0 spiro atoms. The standard InChI is InChI=1S/C40H67N3O7/c1-25(2)32(23-35(45)37(26(3)4)42(10)27(5)6)40(48)41(9)24-31(49-11)22-36(46)43-20-16-19-33(43)39(50-12)29(8)34(44)21-28(7)38(47)30-17-14-13-15-18-30/h13-15,17-18,25-29,31-33,37-39,47H,16,19-24H2,1-12H3/t28-,29-,31+,32-,33-,37-,38+,39+/m0/s1. The highest BCUT2D eigenvalue weighted by Crippen LogP contribution is 2.31. The second-order valence-corrected chi connectivity index (χ2v) is 15.5. The van der Waals surface area contributed by atoms with Gasteiger partial charge in [-0.05, 0) is 57.1 Å². The summed E-state index contributed by atoms with van der Waals surface area (Å²) < 4.78 is 11.6. The molecule has 10 heteroatoms. The van der Waals surface area contributed by atoms with Crippen LogP contribution in [0.1, 0.15) is 99.2 Å². The number of ketones is 2. The highest BCUT2D eigenvalue weighted by Gasteiger charge is 2.41. The number of nitrogens with zero attached hydrogens (tertiary/aromatic N) is 3. The lowest BCUT2D eigenvalue weighted by Crippen LogP contribution is -2.49. The van der Waals surface area contributed by atoms with Crippen LogP contribution in [0.4, 0.5) is 0 Å². The molecule has 1 aliphatic heterocycles. The molecule has 284 valence electrons. The van der Waals surface area contributed by atoms with Crippen LogP contribution in [0.25, 0.3) is 0 Å². The number of amides is 2. The van der Waals surface area contributed by atoms with Gasteiger partial charge in [-0.15, -0.1) is 0 Å². The fraction of sp³-hybridized carbons (Fsp3) is 0.750. The Morgan fingerprint density at radius 1 is 0.860 bits per heavy atom. The van der Waals surface area contributed by atoms with E-state index in [0.29, 0.717) is 13.0 Å². The van der Waals surface area contributed by atoms with Crippen molar-refractivity contribution in [2.45, 2.75) is 124 Å². The zero-order valence-corrected chi connectivity index (χ0v) is 32.9. The molecule has 1 aliphatic rings. The van der Waals surface area contributed by atoms with Crippen molar-refractivity contribution < 1.29 is 33.8 Å². The summed E-state index contributed by atoms with van der Waals surface area (Å²) in [6.45, 7) is 16.6. The van der Waals surface area contributed by atoms with Crippen molar-refractivity contribution in [3.63, 3.8) is 0 Å². The summed E-state index contributed by atoms with van der Waals surface area (Å²) in [5.41, 5.74) is 0.777. The quantitative estimate of drug-likeness (QED) is 0.181. The second kappa shape index (κ2) is 20.4. The van der Waals surface area contributed by atoms with Crippen molar-refractivity contribution in [3.8, 4) is 0 Å². The summed E-state index contributed by atoms with van der Waals surface area (Å²) in [7, 11) is 6.79. The first-order valence-corrected chi connectivity index (χ1v) is 18.6. The Kier molecular flexibility index (Phi) is 17.7. The average Bonchev–Trinajstić information content (AvgIpc) is 3.56. The lowest BCUT2D eigenvalue weighted by molar-refractivity contribution is -0.144. The lowest BCUT2D eigenvalue weighted by Gasteiger charge is -2.36. The van der Waals surface area contributed by atoms with Crippen LogP contribution in [0.2, 0.25) is 0 Å². The molecule has 1 saturated heterocycles. The number of aliphatic hydroxyl groups excluding tert-OH is 1. The molecule has 0 aromatic heterocycles. The number of rotatable bonds is 21. The summed E-state index contributed by atoms with van der Waals surface area (Å²) in [5, 5.41) is 10.8. The molecule has 1 heterocycles. The van der Waals surface area contributed by atoms with Crippen LogP contribution < -0.4 is 0 Å². The maximum absolute atomic E-state index is 13.8. The number of methoxy groups -OCH3 is 2. The van der Waals surface area contributed by atoms with Gasteiger partial charge in [0, 0.05) is 65.1 Å². The van der Waals surface area contributed by atoms with Crippen LogP contribution in [0.5, 0.6) is 0 Å². The van der Waals surface area contributed by atoms with Crippen molar-refractivity contribution in [1.29, 1.82) is 0 Å². The molecular weight excluding hydrogens is 634 g/mol. The summed E-state index contributed by atoms with van der Waals surface area (Å²) in [4.78, 5) is 60.1. The van der Waals surface area contributed by atoms with E-state index in [0.717, 1.165) is 12.0 Å². The minimum atomic E-state index is -0.756. The molecule has 10 nitrogen and oxygen atoms in total. The summed E-state index contributed by atoms with van der Waals surface area (Å²) >= 11 is 0. The fourth-order valence-corrected chi connectivity index (χ4v) is 7.46. The Labute approximate surface area is 302 Å². The van der Waals surface area contributed by atoms with Gasteiger partial charge < -0.3 is 24.4 Å². The molecule has 0 aliphatic carbocycles. The lowest BCUT2D eigenvalue weighted by atomic mass is 9.84. The number of Topliss-reactive ketones (excluding diaryl/α,β-unsaturated/α-hetero) is 2. The summed E-state index contributed by atoms with van der Waals surface area (Å²) in [6, 6.07) is 8.99. The van der Waals surface area contributed by atoms with Crippen LogP contribution in [-0.2, 0) is 28.7 Å². The largest absolute Gasteiger partial charge is 0.388 e. The van der Waals surface area contributed by atoms with E-state index < -0.39 is 30.1 Å². The molecule has 1 fully saturated rings. The molecule has 2 rings (SSSR count).